The van der Waals surface area contributed by atoms with E-state index in [1.165, 1.54) is 5.69 Å². The highest BCUT2D eigenvalue weighted by Gasteiger charge is 2.44. The van der Waals surface area contributed by atoms with Crippen LogP contribution < -0.4 is 10.6 Å². The van der Waals surface area contributed by atoms with Gasteiger partial charge in [0.1, 0.15) is 5.69 Å². The molecular weight excluding hydrogens is 356 g/mol. The zero-order valence-electron chi connectivity index (χ0n) is 16.4. The van der Waals surface area contributed by atoms with E-state index in [9.17, 15) is 9.59 Å². The maximum atomic E-state index is 12.7. The summed E-state index contributed by atoms with van der Waals surface area (Å²) in [6.45, 7) is 3.69. The molecule has 148 valence electrons. The molecule has 1 N–H and O–H groups in total. The van der Waals surface area contributed by atoms with Crippen molar-refractivity contribution in [3.63, 3.8) is 0 Å². The SMILES string of the molecule is Cc1cc(C(=O)N2CCC3(CC2)C[C@@H](N(C)c2ccccc2)CO3)nc(=O)[nH]1. The van der Waals surface area contributed by atoms with Gasteiger partial charge in [0.15, 0.2) is 0 Å². The largest absolute Gasteiger partial charge is 0.373 e. The van der Waals surface area contributed by atoms with Crippen molar-refractivity contribution >= 4 is 11.6 Å². The predicted molar refractivity (Wildman–Crippen MR) is 107 cm³/mol. The standard InChI is InChI=1S/C21H26N4O3/c1-15-12-18(23-20(27)22-15)19(26)25-10-8-21(9-11-25)13-17(14-28-21)24(2)16-6-4-3-5-7-16/h3-7,12,17H,8-11,13-14H2,1-2H3,(H,22,23,27)/t17-/m1/s1. The first-order valence-electron chi connectivity index (χ1n) is 9.75. The minimum atomic E-state index is -0.484. The molecule has 2 saturated heterocycles. The van der Waals surface area contributed by atoms with Crippen molar-refractivity contribution in [2.24, 2.45) is 0 Å². The number of para-hydroxylation sites is 1. The van der Waals surface area contributed by atoms with Crippen LogP contribution in [0.2, 0.25) is 0 Å². The molecule has 1 atom stereocenters. The fourth-order valence-electron chi connectivity index (χ4n) is 4.26. The van der Waals surface area contributed by atoms with Crippen molar-refractivity contribution in [2.75, 3.05) is 31.6 Å². The fraction of sp³-hybridized carbons (Fsp3) is 0.476. The van der Waals surface area contributed by atoms with Crippen LogP contribution in [-0.4, -0.2) is 59.2 Å². The predicted octanol–water partition coefficient (Wildman–Crippen LogP) is 1.98. The zero-order valence-corrected chi connectivity index (χ0v) is 16.4. The molecule has 7 heteroatoms. The van der Waals surface area contributed by atoms with Gasteiger partial charge in [-0.3, -0.25) is 4.79 Å². The number of aromatic amines is 1. The Kier molecular flexibility index (Phi) is 4.93. The second-order valence-corrected chi connectivity index (χ2v) is 7.85. The van der Waals surface area contributed by atoms with Gasteiger partial charge < -0.3 is 19.5 Å². The number of nitrogens with zero attached hydrogens (tertiary/aromatic N) is 3. The Hall–Kier alpha value is -2.67. The minimum absolute atomic E-state index is 0.165. The van der Waals surface area contributed by atoms with Gasteiger partial charge in [-0.15, -0.1) is 0 Å². The third kappa shape index (κ3) is 3.67. The van der Waals surface area contributed by atoms with Crippen LogP contribution in [0.1, 0.15) is 35.4 Å². The molecule has 2 fully saturated rings. The van der Waals surface area contributed by atoms with Crippen LogP contribution in [-0.2, 0) is 4.74 Å². The molecule has 2 aliphatic heterocycles. The van der Waals surface area contributed by atoms with Crippen LogP contribution in [0, 0.1) is 6.92 Å². The summed E-state index contributed by atoms with van der Waals surface area (Å²) in [6.07, 6.45) is 2.57. The van der Waals surface area contributed by atoms with E-state index >= 15 is 0 Å². The number of likely N-dealkylation sites (tertiary alicyclic amines) is 1. The number of aromatic nitrogens is 2. The molecule has 0 saturated carbocycles. The lowest BCUT2D eigenvalue weighted by Crippen LogP contribution is -2.47. The minimum Gasteiger partial charge on any atom is -0.373 e. The first-order valence-corrected chi connectivity index (χ1v) is 9.75. The third-order valence-corrected chi connectivity index (χ3v) is 5.96. The summed E-state index contributed by atoms with van der Waals surface area (Å²) in [5.74, 6) is -0.181. The van der Waals surface area contributed by atoms with E-state index < -0.39 is 5.69 Å². The third-order valence-electron chi connectivity index (χ3n) is 5.96. The normalized spacial score (nSPS) is 21.1. The second kappa shape index (κ2) is 7.39. The highest BCUT2D eigenvalue weighted by molar-refractivity contribution is 5.92. The molecule has 2 aromatic rings. The monoisotopic (exact) mass is 382 g/mol. The topological polar surface area (TPSA) is 78.5 Å². The van der Waals surface area contributed by atoms with E-state index in [0.717, 1.165) is 19.3 Å². The van der Waals surface area contributed by atoms with E-state index in [-0.39, 0.29) is 17.2 Å². The second-order valence-electron chi connectivity index (χ2n) is 7.85. The van der Waals surface area contributed by atoms with Crippen LogP contribution in [0.5, 0.6) is 0 Å². The van der Waals surface area contributed by atoms with Gasteiger partial charge in [-0.1, -0.05) is 18.2 Å². The van der Waals surface area contributed by atoms with E-state index in [0.29, 0.717) is 31.4 Å². The molecule has 2 aliphatic rings. The van der Waals surface area contributed by atoms with Gasteiger partial charge in [0, 0.05) is 31.5 Å². The van der Waals surface area contributed by atoms with Crippen LogP contribution in [0.15, 0.2) is 41.2 Å². The summed E-state index contributed by atoms with van der Waals surface area (Å²) in [5, 5.41) is 0. The molecular formula is C21H26N4O3. The zero-order chi connectivity index (χ0) is 19.7. The summed E-state index contributed by atoms with van der Waals surface area (Å²) in [7, 11) is 2.11. The number of hydrogen-bond acceptors (Lipinski definition) is 5. The lowest BCUT2D eigenvalue weighted by Gasteiger charge is -2.39. The molecule has 0 bridgehead atoms. The number of aryl methyl sites for hydroxylation is 1. The number of nitrogens with one attached hydrogen (secondary N) is 1. The van der Waals surface area contributed by atoms with E-state index in [2.05, 4.69) is 34.0 Å². The number of rotatable bonds is 3. The first-order chi connectivity index (χ1) is 13.5. The number of H-pyrrole nitrogens is 1. The average molecular weight is 382 g/mol. The molecule has 1 aromatic carbocycles. The number of anilines is 1. The molecule has 0 aliphatic carbocycles. The van der Waals surface area contributed by atoms with Crippen molar-refractivity contribution in [3.8, 4) is 0 Å². The van der Waals surface area contributed by atoms with Gasteiger partial charge in [-0.05, 0) is 44.4 Å². The molecule has 1 amide bonds. The number of ether oxygens (including phenoxy) is 1. The number of carbonyl (C=O) groups excluding carboxylic acids is 1. The van der Waals surface area contributed by atoms with Crippen molar-refractivity contribution in [2.45, 2.75) is 37.8 Å². The van der Waals surface area contributed by atoms with E-state index in [1.54, 1.807) is 17.9 Å². The summed E-state index contributed by atoms with van der Waals surface area (Å²) in [6, 6.07) is 12.3. The van der Waals surface area contributed by atoms with Crippen LogP contribution in [0.4, 0.5) is 5.69 Å². The van der Waals surface area contributed by atoms with Gasteiger partial charge in [-0.2, -0.15) is 4.98 Å². The number of piperidine rings is 1. The smallest absolute Gasteiger partial charge is 0.345 e. The average Bonchev–Trinajstić information content (AvgIpc) is 3.11. The maximum absolute atomic E-state index is 12.7. The summed E-state index contributed by atoms with van der Waals surface area (Å²) >= 11 is 0. The molecule has 28 heavy (non-hydrogen) atoms. The number of amides is 1. The van der Waals surface area contributed by atoms with Gasteiger partial charge in [-0.25, -0.2) is 4.79 Å². The summed E-state index contributed by atoms with van der Waals surface area (Å²) in [4.78, 5) is 34.8. The molecule has 1 spiro atoms. The number of carbonyl (C=O) groups is 1. The Morgan fingerprint density at radius 3 is 2.68 bits per heavy atom. The van der Waals surface area contributed by atoms with Crippen LogP contribution in [0.3, 0.4) is 0 Å². The Bertz CT molecular complexity index is 903. The molecule has 4 rings (SSSR count). The van der Waals surface area contributed by atoms with Crippen LogP contribution >= 0.6 is 0 Å². The molecule has 0 unspecified atom stereocenters. The van der Waals surface area contributed by atoms with Crippen molar-refractivity contribution in [3.05, 3.63) is 58.3 Å². The maximum Gasteiger partial charge on any atom is 0.345 e. The molecule has 0 radical (unpaired) electrons. The van der Waals surface area contributed by atoms with Crippen molar-refractivity contribution in [1.29, 1.82) is 0 Å². The Labute approximate surface area is 164 Å². The Balaban J connectivity index is 1.39. The van der Waals surface area contributed by atoms with Crippen molar-refractivity contribution < 1.29 is 9.53 Å². The first kappa shape index (κ1) is 18.7. The Morgan fingerprint density at radius 2 is 2.00 bits per heavy atom. The molecule has 3 heterocycles. The van der Waals surface area contributed by atoms with Crippen molar-refractivity contribution in [1.82, 2.24) is 14.9 Å². The fourth-order valence-corrected chi connectivity index (χ4v) is 4.26. The highest BCUT2D eigenvalue weighted by atomic mass is 16.5. The Morgan fingerprint density at radius 1 is 1.29 bits per heavy atom. The molecule has 7 nitrogen and oxygen atoms in total. The summed E-state index contributed by atoms with van der Waals surface area (Å²) < 4.78 is 6.26. The van der Waals surface area contributed by atoms with Gasteiger partial charge in [0.25, 0.3) is 5.91 Å². The van der Waals surface area contributed by atoms with Crippen LogP contribution in [0.25, 0.3) is 0 Å². The quantitative estimate of drug-likeness (QED) is 0.878. The van der Waals surface area contributed by atoms with Gasteiger partial charge >= 0.3 is 5.69 Å². The lowest BCUT2D eigenvalue weighted by molar-refractivity contribution is -0.0389. The number of likely N-dealkylation sites (N-methyl/N-ethyl adjacent to an activating group) is 1. The molecule has 1 aromatic heterocycles. The summed E-state index contributed by atoms with van der Waals surface area (Å²) in [5.41, 5.74) is 1.40. The lowest BCUT2D eigenvalue weighted by atomic mass is 9.87. The van der Waals surface area contributed by atoms with E-state index in [4.69, 9.17) is 4.74 Å². The highest BCUT2D eigenvalue weighted by Crippen LogP contribution is 2.38. The number of hydrogen-bond donors (Lipinski definition) is 1. The number of benzene rings is 1. The van der Waals surface area contributed by atoms with Gasteiger partial charge in [0.2, 0.25) is 0 Å². The van der Waals surface area contributed by atoms with Gasteiger partial charge in [0.05, 0.1) is 18.2 Å². The van der Waals surface area contributed by atoms with E-state index in [1.807, 2.05) is 18.2 Å².